The number of ether oxygens (including phenoxy) is 2. The lowest BCUT2D eigenvalue weighted by Gasteiger charge is -2.57. The van der Waals surface area contributed by atoms with Crippen molar-refractivity contribution in [3.8, 4) is 0 Å². The molecular formula is C31H48O5. The van der Waals surface area contributed by atoms with Crippen molar-refractivity contribution in [3.05, 3.63) is 23.3 Å². The smallest absolute Gasteiger partial charge is 0.302 e. The van der Waals surface area contributed by atoms with Gasteiger partial charge < -0.3 is 14.6 Å². The van der Waals surface area contributed by atoms with Crippen LogP contribution in [0.1, 0.15) is 99.8 Å². The molecule has 3 saturated carbocycles. The van der Waals surface area contributed by atoms with Gasteiger partial charge in [-0.15, -0.1) is 0 Å². The van der Waals surface area contributed by atoms with Crippen LogP contribution in [0.3, 0.4) is 0 Å². The lowest BCUT2D eigenvalue weighted by Crippen LogP contribution is -2.54. The average molecular weight is 501 g/mol. The normalized spacial score (nSPS) is 39.2. The second kappa shape index (κ2) is 10.3. The van der Waals surface area contributed by atoms with Crippen LogP contribution in [0.25, 0.3) is 0 Å². The number of fused-ring (bicyclic) bond motifs is 5. The number of esters is 2. The molecular weight excluding hydrogens is 452 g/mol. The van der Waals surface area contributed by atoms with Crippen LogP contribution in [0.5, 0.6) is 0 Å². The predicted molar refractivity (Wildman–Crippen MR) is 141 cm³/mol. The quantitative estimate of drug-likeness (QED) is 0.410. The van der Waals surface area contributed by atoms with E-state index in [0.717, 1.165) is 19.3 Å². The maximum absolute atomic E-state index is 12.1. The topological polar surface area (TPSA) is 72.8 Å². The van der Waals surface area contributed by atoms with Crippen molar-refractivity contribution in [1.29, 1.82) is 0 Å². The van der Waals surface area contributed by atoms with Crippen molar-refractivity contribution in [1.82, 2.24) is 0 Å². The molecule has 202 valence electrons. The van der Waals surface area contributed by atoms with E-state index in [1.54, 1.807) is 5.57 Å². The van der Waals surface area contributed by atoms with Crippen molar-refractivity contribution in [2.24, 2.45) is 40.4 Å². The van der Waals surface area contributed by atoms with E-state index in [1.807, 2.05) is 0 Å². The highest BCUT2D eigenvalue weighted by atomic mass is 16.6. The van der Waals surface area contributed by atoms with Crippen LogP contribution >= 0.6 is 0 Å². The molecule has 0 saturated heterocycles. The second-order valence-corrected chi connectivity index (χ2v) is 13.1. The van der Waals surface area contributed by atoms with Gasteiger partial charge in [0.05, 0.1) is 6.10 Å². The van der Waals surface area contributed by atoms with Gasteiger partial charge in [0.25, 0.3) is 0 Å². The monoisotopic (exact) mass is 500 g/mol. The molecule has 1 unspecified atom stereocenters. The zero-order chi connectivity index (χ0) is 26.4. The molecule has 0 spiro atoms. The maximum Gasteiger partial charge on any atom is 0.302 e. The second-order valence-electron chi connectivity index (χ2n) is 13.1. The summed E-state index contributed by atoms with van der Waals surface area (Å²) in [6.45, 7) is 14.3. The summed E-state index contributed by atoms with van der Waals surface area (Å²) >= 11 is 0. The number of aliphatic hydroxyl groups is 1. The predicted octanol–water partition coefficient (Wildman–Crippen LogP) is 6.39. The molecule has 0 heterocycles. The molecule has 0 aromatic heterocycles. The SMILES string of the molecule is CC(=O)O[C@@H]1CC2=CC=C3[C@@H]4CC[C@H]([C@H](C)CCC(O)C(C)C)[C@@]4(C)CC[C@@H]3[C@@]2(C)[C@@H](OC(C)=O)C1. The van der Waals surface area contributed by atoms with Crippen molar-refractivity contribution in [3.63, 3.8) is 0 Å². The molecule has 0 bridgehead atoms. The van der Waals surface area contributed by atoms with E-state index in [2.05, 4.69) is 46.8 Å². The van der Waals surface area contributed by atoms with E-state index in [9.17, 15) is 14.7 Å². The molecule has 4 rings (SSSR count). The number of allylic oxidation sites excluding steroid dienone is 3. The Labute approximate surface area is 218 Å². The molecule has 5 heteroatoms. The summed E-state index contributed by atoms with van der Waals surface area (Å²) in [5.41, 5.74) is 2.83. The number of carbonyl (C=O) groups excluding carboxylic acids is 2. The van der Waals surface area contributed by atoms with Crippen LogP contribution in [-0.2, 0) is 19.1 Å². The summed E-state index contributed by atoms with van der Waals surface area (Å²) in [6, 6.07) is 0. The van der Waals surface area contributed by atoms with Gasteiger partial charge in [-0.2, -0.15) is 0 Å². The first-order valence-electron chi connectivity index (χ1n) is 14.3. The third kappa shape index (κ3) is 4.81. The Hall–Kier alpha value is -1.62. The Balaban J connectivity index is 1.59. The number of carbonyl (C=O) groups is 2. The fourth-order valence-corrected chi connectivity index (χ4v) is 8.64. The highest BCUT2D eigenvalue weighted by Gasteiger charge is 2.60. The minimum absolute atomic E-state index is 0.210. The number of hydrogen-bond donors (Lipinski definition) is 1. The molecule has 0 aromatic rings. The zero-order valence-electron chi connectivity index (χ0n) is 23.5. The first-order chi connectivity index (χ1) is 16.9. The Bertz CT molecular complexity index is 918. The van der Waals surface area contributed by atoms with Crippen LogP contribution in [0.2, 0.25) is 0 Å². The van der Waals surface area contributed by atoms with Crippen molar-refractivity contribution in [2.45, 2.75) is 118 Å². The van der Waals surface area contributed by atoms with Crippen molar-refractivity contribution in [2.75, 3.05) is 0 Å². The number of hydrogen-bond acceptors (Lipinski definition) is 5. The van der Waals surface area contributed by atoms with Crippen LogP contribution < -0.4 is 0 Å². The van der Waals surface area contributed by atoms with E-state index < -0.39 is 0 Å². The molecule has 4 aliphatic carbocycles. The van der Waals surface area contributed by atoms with Gasteiger partial charge in [-0.3, -0.25) is 9.59 Å². The van der Waals surface area contributed by atoms with Gasteiger partial charge in [0.1, 0.15) is 12.2 Å². The van der Waals surface area contributed by atoms with Crippen LogP contribution in [-0.4, -0.2) is 35.4 Å². The molecule has 3 fully saturated rings. The highest BCUT2D eigenvalue weighted by Crippen LogP contribution is 2.66. The summed E-state index contributed by atoms with van der Waals surface area (Å²) in [4.78, 5) is 23.8. The van der Waals surface area contributed by atoms with Crippen LogP contribution in [0.4, 0.5) is 0 Å². The fourth-order valence-electron chi connectivity index (χ4n) is 8.64. The van der Waals surface area contributed by atoms with Gasteiger partial charge in [-0.1, -0.05) is 57.9 Å². The average Bonchev–Trinajstić information content (AvgIpc) is 3.14. The van der Waals surface area contributed by atoms with Gasteiger partial charge >= 0.3 is 11.9 Å². The zero-order valence-corrected chi connectivity index (χ0v) is 23.5. The Morgan fingerprint density at radius 1 is 1.00 bits per heavy atom. The highest BCUT2D eigenvalue weighted by molar-refractivity contribution is 5.67. The fraction of sp³-hybridized carbons (Fsp3) is 0.806. The first-order valence-corrected chi connectivity index (χ1v) is 14.3. The standard InChI is InChI=1S/C31H48O5/c1-18(2)28(34)13-8-19(3)25-11-12-26-24-10-9-22-16-23(35-20(4)32)17-29(36-21(5)33)31(22,7)27(24)14-15-30(25,26)6/h9-10,18-19,23,25-29,34H,8,11-17H2,1-7H3/t19-,23-,25-,26+,27+,28?,29+,30-,31+/m1/s1. The summed E-state index contributed by atoms with van der Waals surface area (Å²) in [6.07, 6.45) is 11.9. The summed E-state index contributed by atoms with van der Waals surface area (Å²) in [5.74, 6) is 1.95. The van der Waals surface area contributed by atoms with E-state index in [-0.39, 0.29) is 41.1 Å². The lowest BCUT2D eigenvalue weighted by atomic mass is 9.49. The first kappa shape index (κ1) is 27.4. The molecule has 9 atom stereocenters. The molecule has 0 aliphatic heterocycles. The molecule has 4 aliphatic rings. The Morgan fingerprint density at radius 3 is 2.33 bits per heavy atom. The summed E-state index contributed by atoms with van der Waals surface area (Å²) < 4.78 is 11.6. The largest absolute Gasteiger partial charge is 0.462 e. The lowest BCUT2D eigenvalue weighted by molar-refractivity contribution is -0.165. The van der Waals surface area contributed by atoms with E-state index >= 15 is 0 Å². The molecule has 5 nitrogen and oxygen atoms in total. The number of aliphatic hydroxyl groups excluding tert-OH is 1. The Morgan fingerprint density at radius 2 is 1.69 bits per heavy atom. The summed E-state index contributed by atoms with van der Waals surface area (Å²) in [5, 5.41) is 10.4. The van der Waals surface area contributed by atoms with Gasteiger partial charge in [0.15, 0.2) is 0 Å². The molecule has 1 N–H and O–H groups in total. The van der Waals surface area contributed by atoms with Gasteiger partial charge in [0, 0.05) is 32.1 Å². The third-order valence-corrected chi connectivity index (χ3v) is 10.7. The minimum atomic E-state index is -0.286. The Kier molecular flexibility index (Phi) is 7.82. The van der Waals surface area contributed by atoms with Gasteiger partial charge in [-0.25, -0.2) is 0 Å². The molecule has 0 amide bonds. The maximum atomic E-state index is 12.1. The van der Waals surface area contributed by atoms with Crippen molar-refractivity contribution >= 4 is 11.9 Å². The van der Waals surface area contributed by atoms with Crippen molar-refractivity contribution < 1.29 is 24.2 Å². The van der Waals surface area contributed by atoms with Gasteiger partial charge in [-0.05, 0) is 73.5 Å². The molecule has 0 radical (unpaired) electrons. The van der Waals surface area contributed by atoms with Gasteiger partial charge in [0.2, 0.25) is 0 Å². The van der Waals surface area contributed by atoms with Crippen LogP contribution in [0.15, 0.2) is 23.3 Å². The third-order valence-electron chi connectivity index (χ3n) is 10.7. The minimum Gasteiger partial charge on any atom is -0.462 e. The molecule has 36 heavy (non-hydrogen) atoms. The van der Waals surface area contributed by atoms with Crippen LogP contribution in [0, 0.1) is 40.4 Å². The number of rotatable bonds is 7. The van der Waals surface area contributed by atoms with E-state index in [1.165, 1.54) is 38.7 Å². The van der Waals surface area contributed by atoms with E-state index in [0.29, 0.717) is 42.4 Å². The molecule has 0 aromatic carbocycles. The summed E-state index contributed by atoms with van der Waals surface area (Å²) in [7, 11) is 0. The van der Waals surface area contributed by atoms with E-state index in [4.69, 9.17) is 9.47 Å².